The normalized spacial score (nSPS) is 11.0. The molecule has 0 radical (unpaired) electrons. The summed E-state index contributed by atoms with van der Waals surface area (Å²) in [7, 11) is 0. The molecule has 0 atom stereocenters. The lowest BCUT2D eigenvalue weighted by molar-refractivity contribution is 0.398. The van der Waals surface area contributed by atoms with Gasteiger partial charge >= 0.3 is 0 Å². The van der Waals surface area contributed by atoms with Crippen molar-refractivity contribution in [3.05, 3.63) is 0 Å². The first-order valence-corrected chi connectivity index (χ1v) is 5.33. The summed E-state index contributed by atoms with van der Waals surface area (Å²) in [5, 5.41) is 0. The molecule has 0 aromatic heterocycles. The Hall–Kier alpha value is 0. The van der Waals surface area contributed by atoms with Crippen LogP contribution in [0.3, 0.4) is 0 Å². The van der Waals surface area contributed by atoms with Crippen molar-refractivity contribution in [2.75, 3.05) is 0 Å². The zero-order chi connectivity index (χ0) is 10.2. The molecule has 0 rings (SSSR count). The lowest BCUT2D eigenvalue weighted by Gasteiger charge is -2.12. The van der Waals surface area contributed by atoms with E-state index < -0.39 is 0 Å². The summed E-state index contributed by atoms with van der Waals surface area (Å²) >= 11 is 0. The summed E-state index contributed by atoms with van der Waals surface area (Å²) in [6, 6.07) is 0. The maximum absolute atomic E-state index is 2.25. The Labute approximate surface area is 79.8 Å². The van der Waals surface area contributed by atoms with E-state index in [-0.39, 0.29) is 0 Å². The van der Waals surface area contributed by atoms with Gasteiger partial charge in [0.1, 0.15) is 0 Å². The van der Waals surface area contributed by atoms with Gasteiger partial charge in [0.15, 0.2) is 0 Å². The fourth-order valence-corrected chi connectivity index (χ4v) is 0.577. The minimum absolute atomic E-state index is 0.542. The summed E-state index contributed by atoms with van der Waals surface area (Å²) in [5.74, 6) is 0.898. The van der Waals surface area contributed by atoms with Crippen molar-refractivity contribution >= 4 is 0 Å². The minimum atomic E-state index is 0.542. The van der Waals surface area contributed by atoms with E-state index in [1.165, 1.54) is 19.3 Å². The van der Waals surface area contributed by atoms with Crippen LogP contribution >= 0.6 is 0 Å². The van der Waals surface area contributed by atoms with Gasteiger partial charge in [0, 0.05) is 0 Å². The van der Waals surface area contributed by atoms with Crippen LogP contribution in [0, 0.1) is 11.3 Å². The van der Waals surface area contributed by atoms with Crippen LogP contribution in [0.4, 0.5) is 0 Å². The highest BCUT2D eigenvalue weighted by Crippen LogP contribution is 2.16. The van der Waals surface area contributed by atoms with E-state index in [2.05, 4.69) is 48.5 Å². The molecule has 0 saturated heterocycles. The Balaban J connectivity index is 0. The zero-order valence-corrected chi connectivity index (χ0v) is 10.2. The second-order valence-corrected chi connectivity index (χ2v) is 5.10. The van der Waals surface area contributed by atoms with Crippen molar-refractivity contribution in [2.45, 2.75) is 67.7 Å². The average molecular weight is 172 g/mol. The molecule has 0 aromatic rings. The molecule has 0 aliphatic heterocycles. The average Bonchev–Trinajstić information content (AvgIpc) is 1.87. The van der Waals surface area contributed by atoms with E-state index in [1.54, 1.807) is 0 Å². The molecule has 0 aliphatic rings. The third-order valence-corrected chi connectivity index (χ3v) is 1.93. The van der Waals surface area contributed by atoms with Crippen molar-refractivity contribution in [1.29, 1.82) is 0 Å². The SMILES string of the molecule is CCC(C)(C)C.CCCC(C)C. The van der Waals surface area contributed by atoms with Crippen molar-refractivity contribution in [1.82, 2.24) is 0 Å². The van der Waals surface area contributed by atoms with E-state index >= 15 is 0 Å². The van der Waals surface area contributed by atoms with Gasteiger partial charge in [-0.15, -0.1) is 0 Å². The highest BCUT2D eigenvalue weighted by molar-refractivity contribution is 4.55. The molecule has 12 heavy (non-hydrogen) atoms. The minimum Gasteiger partial charge on any atom is -0.0654 e. The van der Waals surface area contributed by atoms with Crippen LogP contribution in [-0.2, 0) is 0 Å². The molecule has 0 nitrogen and oxygen atoms in total. The maximum Gasteiger partial charge on any atom is -0.0385 e. The third-order valence-electron chi connectivity index (χ3n) is 1.93. The Bertz CT molecular complexity index is 74.5. The van der Waals surface area contributed by atoms with Gasteiger partial charge in [-0.1, -0.05) is 67.7 Å². The summed E-state index contributed by atoms with van der Waals surface area (Å²) in [6.07, 6.45) is 3.98. The smallest absolute Gasteiger partial charge is 0.0385 e. The fraction of sp³-hybridized carbons (Fsp3) is 1.00. The van der Waals surface area contributed by atoms with E-state index in [0.717, 1.165) is 5.92 Å². The number of hydrogen-bond donors (Lipinski definition) is 0. The Morgan fingerprint density at radius 1 is 1.00 bits per heavy atom. The Morgan fingerprint density at radius 3 is 1.33 bits per heavy atom. The van der Waals surface area contributed by atoms with Gasteiger partial charge in [-0.2, -0.15) is 0 Å². The van der Waals surface area contributed by atoms with Crippen molar-refractivity contribution in [3.63, 3.8) is 0 Å². The van der Waals surface area contributed by atoms with Gasteiger partial charge in [0.05, 0.1) is 0 Å². The molecule has 0 unspecified atom stereocenters. The predicted molar refractivity (Wildman–Crippen MR) is 59.5 cm³/mol. The van der Waals surface area contributed by atoms with Crippen LogP contribution in [0.5, 0.6) is 0 Å². The second kappa shape index (κ2) is 7.64. The molecule has 0 heteroatoms. The maximum atomic E-state index is 2.25. The Morgan fingerprint density at radius 2 is 1.33 bits per heavy atom. The molecule has 0 N–H and O–H groups in total. The van der Waals surface area contributed by atoms with E-state index in [0.29, 0.717) is 5.41 Å². The van der Waals surface area contributed by atoms with Crippen molar-refractivity contribution in [3.8, 4) is 0 Å². The van der Waals surface area contributed by atoms with Gasteiger partial charge in [-0.3, -0.25) is 0 Å². The zero-order valence-electron chi connectivity index (χ0n) is 10.2. The summed E-state index contributed by atoms with van der Waals surface area (Å²) in [4.78, 5) is 0. The first-order valence-electron chi connectivity index (χ1n) is 5.33. The molecule has 0 aromatic carbocycles. The summed E-state index contributed by atoms with van der Waals surface area (Å²) < 4.78 is 0. The molecular weight excluding hydrogens is 144 g/mol. The lowest BCUT2D eigenvalue weighted by atomic mass is 9.94. The first kappa shape index (κ1) is 14.5. The third kappa shape index (κ3) is 22.5. The van der Waals surface area contributed by atoms with Crippen molar-refractivity contribution < 1.29 is 0 Å². The summed E-state index contributed by atoms with van der Waals surface area (Å²) in [5.41, 5.74) is 0.542. The van der Waals surface area contributed by atoms with Crippen LogP contribution < -0.4 is 0 Å². The monoisotopic (exact) mass is 172 g/mol. The van der Waals surface area contributed by atoms with Gasteiger partial charge in [0.25, 0.3) is 0 Å². The van der Waals surface area contributed by atoms with Crippen LogP contribution in [-0.4, -0.2) is 0 Å². The Kier molecular flexibility index (Phi) is 9.24. The molecule has 76 valence electrons. The van der Waals surface area contributed by atoms with E-state index in [9.17, 15) is 0 Å². The molecule has 0 spiro atoms. The predicted octanol–water partition coefficient (Wildman–Crippen LogP) is 4.89. The van der Waals surface area contributed by atoms with Gasteiger partial charge in [0.2, 0.25) is 0 Å². The van der Waals surface area contributed by atoms with Crippen molar-refractivity contribution in [2.24, 2.45) is 11.3 Å². The van der Waals surface area contributed by atoms with Crippen LogP contribution in [0.1, 0.15) is 67.7 Å². The van der Waals surface area contributed by atoms with Gasteiger partial charge < -0.3 is 0 Å². The largest absolute Gasteiger partial charge is 0.0654 e. The number of rotatable bonds is 2. The van der Waals surface area contributed by atoms with E-state index in [4.69, 9.17) is 0 Å². The van der Waals surface area contributed by atoms with Crippen LogP contribution in [0.15, 0.2) is 0 Å². The number of hydrogen-bond acceptors (Lipinski definition) is 0. The van der Waals surface area contributed by atoms with Gasteiger partial charge in [-0.25, -0.2) is 0 Å². The molecule has 0 heterocycles. The van der Waals surface area contributed by atoms with Gasteiger partial charge in [-0.05, 0) is 11.3 Å². The molecule has 0 saturated carbocycles. The second-order valence-electron chi connectivity index (χ2n) is 5.10. The quantitative estimate of drug-likeness (QED) is 0.556. The van der Waals surface area contributed by atoms with Crippen LogP contribution in [0.25, 0.3) is 0 Å². The van der Waals surface area contributed by atoms with Crippen LogP contribution in [0.2, 0.25) is 0 Å². The molecule has 0 bridgehead atoms. The summed E-state index contributed by atoms with van der Waals surface area (Å²) in [6.45, 7) is 15.7. The highest BCUT2D eigenvalue weighted by atomic mass is 14.1. The standard InChI is InChI=1S/2C6H14/c1-5-6(2,3)4;1-4-5-6(2)3/h5H2,1-4H3;6H,4-5H2,1-3H3. The lowest BCUT2D eigenvalue weighted by Crippen LogP contribution is -2.00. The topological polar surface area (TPSA) is 0 Å². The molecule has 0 fully saturated rings. The first-order chi connectivity index (χ1) is 5.33. The molecular formula is C12H28. The highest BCUT2D eigenvalue weighted by Gasteiger charge is 2.03. The molecule has 0 amide bonds. The fourth-order valence-electron chi connectivity index (χ4n) is 0.577. The molecule has 0 aliphatic carbocycles. The van der Waals surface area contributed by atoms with E-state index in [1.807, 2.05) is 0 Å².